The average Bonchev–Trinajstić information content (AvgIpc) is 3.11. The molecule has 5 rings (SSSR count). The molecule has 2 heterocycles. The summed E-state index contributed by atoms with van der Waals surface area (Å²) in [5.74, 6) is 1.85. The molecule has 4 aromatic rings. The van der Waals surface area contributed by atoms with Gasteiger partial charge in [-0.15, -0.1) is 11.3 Å². The van der Waals surface area contributed by atoms with E-state index in [1.165, 1.54) is 51.8 Å². The Hall–Kier alpha value is -2.72. The van der Waals surface area contributed by atoms with E-state index in [2.05, 4.69) is 61.6 Å². The molecule has 0 saturated heterocycles. The van der Waals surface area contributed by atoms with Crippen LogP contribution in [0.15, 0.2) is 48.5 Å². The van der Waals surface area contributed by atoms with Crippen molar-refractivity contribution in [1.82, 2.24) is 9.97 Å². The number of rotatable bonds is 4. The number of anilines is 2. The Bertz CT molecular complexity index is 1180. The van der Waals surface area contributed by atoms with E-state index in [1.54, 1.807) is 0 Å². The van der Waals surface area contributed by atoms with Gasteiger partial charge >= 0.3 is 0 Å². The van der Waals surface area contributed by atoms with Crippen molar-refractivity contribution < 1.29 is 0 Å². The van der Waals surface area contributed by atoms with Crippen LogP contribution in [-0.2, 0) is 19.3 Å². The van der Waals surface area contributed by atoms with Crippen molar-refractivity contribution in [1.29, 1.82) is 0 Å². The second-order valence-corrected chi connectivity index (χ2v) is 9.00. The van der Waals surface area contributed by atoms with E-state index in [4.69, 9.17) is 9.97 Å². The molecule has 2 aromatic carbocycles. The average molecular weight is 400 g/mol. The van der Waals surface area contributed by atoms with E-state index in [-0.39, 0.29) is 0 Å². The lowest BCUT2D eigenvalue weighted by molar-refractivity contribution is 0.700. The minimum absolute atomic E-state index is 0.751. The highest BCUT2D eigenvalue weighted by molar-refractivity contribution is 7.19. The first-order valence-electron chi connectivity index (χ1n) is 10.4. The largest absolute Gasteiger partial charge is 0.339 e. The molecule has 29 heavy (non-hydrogen) atoms. The molecule has 0 radical (unpaired) electrons. The first-order valence-corrected chi connectivity index (χ1v) is 11.2. The Balaban J connectivity index is 1.64. The van der Waals surface area contributed by atoms with Gasteiger partial charge in [0.15, 0.2) is 0 Å². The Morgan fingerprint density at radius 1 is 0.931 bits per heavy atom. The first-order chi connectivity index (χ1) is 14.2. The molecular formula is C25H25N3S. The highest BCUT2D eigenvalue weighted by Crippen LogP contribution is 2.40. The van der Waals surface area contributed by atoms with E-state index >= 15 is 0 Å². The summed E-state index contributed by atoms with van der Waals surface area (Å²) in [6.07, 6.45) is 5.60. The summed E-state index contributed by atoms with van der Waals surface area (Å²) in [4.78, 5) is 12.6. The lowest BCUT2D eigenvalue weighted by Gasteiger charge is -2.15. The van der Waals surface area contributed by atoms with Crippen LogP contribution in [0.5, 0.6) is 0 Å². The van der Waals surface area contributed by atoms with Crippen LogP contribution >= 0.6 is 11.3 Å². The lowest BCUT2D eigenvalue weighted by Crippen LogP contribution is -2.05. The zero-order chi connectivity index (χ0) is 19.8. The summed E-state index contributed by atoms with van der Waals surface area (Å²) in [5, 5.41) is 4.91. The van der Waals surface area contributed by atoms with Crippen LogP contribution in [0.1, 0.15) is 45.8 Å². The fraction of sp³-hybridized carbons (Fsp3) is 0.280. The number of thiophene rings is 1. The number of nitrogens with zero attached hydrogens (tertiary/aromatic N) is 2. The molecule has 1 aliphatic carbocycles. The maximum atomic E-state index is 5.03. The number of hydrogen-bond acceptors (Lipinski definition) is 4. The van der Waals surface area contributed by atoms with Crippen LogP contribution in [-0.4, -0.2) is 9.97 Å². The quantitative estimate of drug-likeness (QED) is 0.424. The van der Waals surface area contributed by atoms with Gasteiger partial charge in [-0.2, -0.15) is 0 Å². The van der Waals surface area contributed by atoms with Crippen LogP contribution < -0.4 is 5.32 Å². The third-order valence-corrected chi connectivity index (χ3v) is 7.11. The Morgan fingerprint density at radius 3 is 2.62 bits per heavy atom. The normalized spacial score (nSPS) is 13.4. The van der Waals surface area contributed by atoms with Gasteiger partial charge in [-0.1, -0.05) is 42.5 Å². The number of aromatic nitrogens is 2. The predicted molar refractivity (Wildman–Crippen MR) is 123 cm³/mol. The lowest BCUT2D eigenvalue weighted by atomic mass is 9.97. The molecule has 0 unspecified atom stereocenters. The van der Waals surface area contributed by atoms with Crippen LogP contribution in [0.2, 0.25) is 0 Å². The Morgan fingerprint density at radius 2 is 1.76 bits per heavy atom. The minimum atomic E-state index is 0.751. The van der Waals surface area contributed by atoms with Crippen molar-refractivity contribution in [2.45, 2.75) is 46.0 Å². The molecule has 2 aromatic heterocycles. The van der Waals surface area contributed by atoms with Crippen molar-refractivity contribution in [3.63, 3.8) is 0 Å². The molecule has 1 aliphatic rings. The molecule has 146 valence electrons. The third kappa shape index (κ3) is 3.53. The Kier molecular flexibility index (Phi) is 4.80. The van der Waals surface area contributed by atoms with Gasteiger partial charge in [0.25, 0.3) is 0 Å². The summed E-state index contributed by atoms with van der Waals surface area (Å²) in [6.45, 7) is 4.33. The van der Waals surface area contributed by atoms with Gasteiger partial charge in [0.1, 0.15) is 16.5 Å². The molecule has 0 aliphatic heterocycles. The van der Waals surface area contributed by atoms with Gasteiger partial charge < -0.3 is 5.32 Å². The molecule has 0 spiro atoms. The van der Waals surface area contributed by atoms with Gasteiger partial charge in [-0.25, -0.2) is 9.97 Å². The van der Waals surface area contributed by atoms with E-state index < -0.39 is 0 Å². The van der Waals surface area contributed by atoms with Crippen LogP contribution in [0, 0.1) is 13.8 Å². The van der Waals surface area contributed by atoms with Gasteiger partial charge in [0.2, 0.25) is 0 Å². The van der Waals surface area contributed by atoms with Gasteiger partial charge in [0.05, 0.1) is 5.39 Å². The topological polar surface area (TPSA) is 37.8 Å². The van der Waals surface area contributed by atoms with E-state index in [0.717, 1.165) is 35.0 Å². The fourth-order valence-electron chi connectivity index (χ4n) is 4.16. The van der Waals surface area contributed by atoms with E-state index in [1.807, 2.05) is 17.4 Å². The molecule has 3 nitrogen and oxygen atoms in total. The maximum absolute atomic E-state index is 5.03. The molecule has 0 saturated carbocycles. The Labute approximate surface area is 175 Å². The smallest absolute Gasteiger partial charge is 0.143 e. The number of fused-ring (bicyclic) bond motifs is 3. The van der Waals surface area contributed by atoms with Gasteiger partial charge in [-0.3, -0.25) is 0 Å². The van der Waals surface area contributed by atoms with Crippen LogP contribution in [0.4, 0.5) is 11.5 Å². The van der Waals surface area contributed by atoms with Crippen molar-refractivity contribution in [3.05, 3.63) is 81.5 Å². The fourth-order valence-corrected chi connectivity index (χ4v) is 5.44. The van der Waals surface area contributed by atoms with Crippen LogP contribution in [0.25, 0.3) is 10.2 Å². The molecule has 0 atom stereocenters. The standard InChI is InChI=1S/C25H25N3S/c1-16-9-8-13-20(17(16)2)26-24-23-19-12-6-7-14-21(19)29-25(23)28-22(27-24)15-18-10-4-3-5-11-18/h3-5,8-11,13H,6-7,12,14-15H2,1-2H3,(H,26,27,28). The van der Waals surface area contributed by atoms with Gasteiger partial charge in [0, 0.05) is 17.0 Å². The number of nitrogens with one attached hydrogen (secondary N) is 1. The van der Waals surface area contributed by atoms with Crippen LogP contribution in [0.3, 0.4) is 0 Å². The minimum Gasteiger partial charge on any atom is -0.339 e. The molecule has 0 fully saturated rings. The summed E-state index contributed by atoms with van der Waals surface area (Å²) in [6, 6.07) is 16.9. The zero-order valence-corrected chi connectivity index (χ0v) is 17.8. The predicted octanol–water partition coefficient (Wildman–Crippen LogP) is 6.52. The molecular weight excluding hydrogens is 374 g/mol. The highest BCUT2D eigenvalue weighted by atomic mass is 32.1. The summed E-state index contributed by atoms with van der Waals surface area (Å²) in [7, 11) is 0. The number of hydrogen-bond donors (Lipinski definition) is 1. The van der Waals surface area contributed by atoms with Crippen molar-refractivity contribution in [3.8, 4) is 0 Å². The molecule has 0 bridgehead atoms. The number of aryl methyl sites for hydroxylation is 3. The van der Waals surface area contributed by atoms with Crippen molar-refractivity contribution in [2.75, 3.05) is 5.32 Å². The SMILES string of the molecule is Cc1cccc(Nc2nc(Cc3ccccc3)nc3sc4c(c23)CCCC4)c1C. The second-order valence-electron chi connectivity index (χ2n) is 7.91. The highest BCUT2D eigenvalue weighted by Gasteiger charge is 2.21. The summed E-state index contributed by atoms with van der Waals surface area (Å²) in [5.41, 5.74) is 6.40. The third-order valence-electron chi connectivity index (χ3n) is 5.92. The summed E-state index contributed by atoms with van der Waals surface area (Å²) >= 11 is 1.87. The molecule has 4 heteroatoms. The van der Waals surface area contributed by atoms with E-state index in [0.29, 0.717) is 0 Å². The van der Waals surface area contributed by atoms with Crippen molar-refractivity contribution >= 4 is 33.1 Å². The van der Waals surface area contributed by atoms with E-state index in [9.17, 15) is 0 Å². The first kappa shape index (κ1) is 18.3. The van der Waals surface area contributed by atoms with Crippen molar-refractivity contribution in [2.24, 2.45) is 0 Å². The molecule has 1 N–H and O–H groups in total. The summed E-state index contributed by atoms with van der Waals surface area (Å²) < 4.78 is 0. The number of benzene rings is 2. The van der Waals surface area contributed by atoms with Gasteiger partial charge in [-0.05, 0) is 67.9 Å². The zero-order valence-electron chi connectivity index (χ0n) is 17.0. The monoisotopic (exact) mass is 399 g/mol. The maximum Gasteiger partial charge on any atom is 0.143 e. The second kappa shape index (κ2) is 7.60. The molecule has 0 amide bonds.